The molecule has 1 aliphatic carbocycles. The molecule has 0 aliphatic heterocycles. The summed E-state index contributed by atoms with van der Waals surface area (Å²) in [5.74, 6) is 0.0207. The third kappa shape index (κ3) is 2.75. The number of amides is 1. The largest absolute Gasteiger partial charge is 0.348 e. The van der Waals surface area contributed by atoms with E-state index in [9.17, 15) is 4.79 Å². The van der Waals surface area contributed by atoms with Crippen LogP contribution in [0.1, 0.15) is 33.5 Å². The molecular formula is C11H17ClN2OS. The number of carbonyl (C=O) groups excluding carboxylic acids is 1. The fraction of sp³-hybridized carbons (Fsp3) is 0.545. The van der Waals surface area contributed by atoms with Gasteiger partial charge in [-0.2, -0.15) is 0 Å². The molecule has 0 saturated heterocycles. The Morgan fingerprint density at radius 3 is 3.00 bits per heavy atom. The van der Waals surface area contributed by atoms with Gasteiger partial charge in [0.2, 0.25) is 0 Å². The molecule has 0 bridgehead atoms. The van der Waals surface area contributed by atoms with Gasteiger partial charge in [0.15, 0.2) is 0 Å². The van der Waals surface area contributed by atoms with Crippen molar-refractivity contribution < 1.29 is 4.79 Å². The average Bonchev–Trinajstić information content (AvgIpc) is 2.76. The zero-order valence-corrected chi connectivity index (χ0v) is 10.9. The van der Waals surface area contributed by atoms with E-state index in [1.165, 1.54) is 16.9 Å². The van der Waals surface area contributed by atoms with Crippen LogP contribution in [0.5, 0.6) is 0 Å². The van der Waals surface area contributed by atoms with Gasteiger partial charge in [-0.05, 0) is 37.8 Å². The van der Waals surface area contributed by atoms with Crippen LogP contribution < -0.4 is 11.1 Å². The molecule has 0 spiro atoms. The molecule has 1 aliphatic rings. The van der Waals surface area contributed by atoms with E-state index in [2.05, 4.69) is 5.32 Å². The highest BCUT2D eigenvalue weighted by molar-refractivity contribution is 7.14. The highest BCUT2D eigenvalue weighted by atomic mass is 35.5. The highest BCUT2D eigenvalue weighted by Gasteiger charge is 2.18. The van der Waals surface area contributed by atoms with E-state index in [1.807, 2.05) is 13.0 Å². The van der Waals surface area contributed by atoms with Crippen molar-refractivity contribution in [3.63, 3.8) is 0 Å². The second kappa shape index (κ2) is 5.66. The monoisotopic (exact) mass is 260 g/mol. The predicted octanol–water partition coefficient (Wildman–Crippen LogP) is 1.74. The quantitative estimate of drug-likeness (QED) is 0.870. The molecule has 3 N–H and O–H groups in total. The molecule has 0 radical (unpaired) electrons. The van der Waals surface area contributed by atoms with Crippen LogP contribution in [0.3, 0.4) is 0 Å². The van der Waals surface area contributed by atoms with Crippen molar-refractivity contribution in [3.05, 3.63) is 21.4 Å². The van der Waals surface area contributed by atoms with Crippen molar-refractivity contribution in [1.82, 2.24) is 5.32 Å². The van der Waals surface area contributed by atoms with E-state index >= 15 is 0 Å². The Hall–Kier alpha value is -0.580. The van der Waals surface area contributed by atoms with Crippen molar-refractivity contribution in [3.8, 4) is 0 Å². The molecule has 0 aromatic carbocycles. The molecule has 1 atom stereocenters. The van der Waals surface area contributed by atoms with Gasteiger partial charge in [0.25, 0.3) is 5.91 Å². The maximum Gasteiger partial charge on any atom is 0.261 e. The van der Waals surface area contributed by atoms with Crippen LogP contribution in [0, 0.1) is 0 Å². The summed E-state index contributed by atoms with van der Waals surface area (Å²) in [6.45, 7) is 2.40. The second-order valence-electron chi connectivity index (χ2n) is 4.02. The van der Waals surface area contributed by atoms with Gasteiger partial charge >= 0.3 is 0 Å². The zero-order chi connectivity index (χ0) is 10.8. The standard InChI is InChI=1S/C11H16N2OS.ClH/c1-7(6-12)13-11(14)10-5-8-3-2-4-9(8)15-10;/h5,7H,2-4,6,12H2,1H3,(H,13,14);1H/t7-;/m0./s1. The lowest BCUT2D eigenvalue weighted by Crippen LogP contribution is -2.37. The van der Waals surface area contributed by atoms with Crippen LogP contribution in [0.15, 0.2) is 6.07 Å². The van der Waals surface area contributed by atoms with Gasteiger partial charge in [0, 0.05) is 17.5 Å². The molecule has 0 unspecified atom stereocenters. The Labute approximate surface area is 106 Å². The van der Waals surface area contributed by atoms with E-state index < -0.39 is 0 Å². The molecule has 5 heteroatoms. The summed E-state index contributed by atoms with van der Waals surface area (Å²) < 4.78 is 0. The molecule has 1 heterocycles. The summed E-state index contributed by atoms with van der Waals surface area (Å²) in [4.78, 5) is 14.0. The number of nitrogens with two attached hydrogens (primary N) is 1. The number of hydrogen-bond donors (Lipinski definition) is 2. The maximum atomic E-state index is 11.8. The zero-order valence-electron chi connectivity index (χ0n) is 9.29. The molecule has 2 rings (SSSR count). The molecule has 3 nitrogen and oxygen atoms in total. The summed E-state index contributed by atoms with van der Waals surface area (Å²) in [6, 6.07) is 2.08. The van der Waals surface area contributed by atoms with Gasteiger partial charge in [-0.3, -0.25) is 4.79 Å². The molecule has 16 heavy (non-hydrogen) atoms. The molecular weight excluding hydrogens is 244 g/mol. The Bertz CT molecular complexity index is 357. The molecule has 1 aromatic rings. The highest BCUT2D eigenvalue weighted by Crippen LogP contribution is 2.30. The van der Waals surface area contributed by atoms with Crippen LogP contribution in [0.25, 0.3) is 0 Å². The maximum absolute atomic E-state index is 11.8. The Balaban J connectivity index is 0.00000128. The van der Waals surface area contributed by atoms with Crippen LogP contribution in [0.2, 0.25) is 0 Å². The van der Waals surface area contributed by atoms with Crippen LogP contribution in [-0.2, 0) is 12.8 Å². The van der Waals surface area contributed by atoms with Gasteiger partial charge in [-0.1, -0.05) is 0 Å². The van der Waals surface area contributed by atoms with Crippen molar-refractivity contribution in [2.24, 2.45) is 5.73 Å². The first-order valence-corrected chi connectivity index (χ1v) is 6.15. The minimum absolute atomic E-state index is 0. The number of carbonyl (C=O) groups is 1. The minimum Gasteiger partial charge on any atom is -0.348 e. The number of rotatable bonds is 3. The molecule has 1 aromatic heterocycles. The number of thiophene rings is 1. The Kier molecular flexibility index (Phi) is 4.77. The summed E-state index contributed by atoms with van der Waals surface area (Å²) in [5, 5.41) is 2.88. The van der Waals surface area contributed by atoms with Crippen molar-refractivity contribution in [2.45, 2.75) is 32.2 Å². The van der Waals surface area contributed by atoms with Crippen LogP contribution in [0.4, 0.5) is 0 Å². The third-order valence-electron chi connectivity index (χ3n) is 2.70. The van der Waals surface area contributed by atoms with Gasteiger partial charge in [0.05, 0.1) is 4.88 Å². The Morgan fingerprint density at radius 2 is 2.38 bits per heavy atom. The number of aryl methyl sites for hydroxylation is 2. The first kappa shape index (κ1) is 13.5. The second-order valence-corrected chi connectivity index (χ2v) is 5.16. The SMILES string of the molecule is C[C@@H](CN)NC(=O)c1cc2c(s1)CCC2.Cl. The smallest absolute Gasteiger partial charge is 0.261 e. The van der Waals surface area contributed by atoms with Gasteiger partial charge in [0.1, 0.15) is 0 Å². The lowest BCUT2D eigenvalue weighted by Gasteiger charge is -2.09. The van der Waals surface area contributed by atoms with E-state index in [-0.39, 0.29) is 24.4 Å². The Morgan fingerprint density at radius 1 is 1.62 bits per heavy atom. The van der Waals surface area contributed by atoms with E-state index in [0.717, 1.165) is 17.7 Å². The molecule has 0 fully saturated rings. The lowest BCUT2D eigenvalue weighted by molar-refractivity contribution is 0.0945. The number of fused-ring (bicyclic) bond motifs is 1. The summed E-state index contributed by atoms with van der Waals surface area (Å²) in [6.07, 6.45) is 3.51. The number of nitrogens with one attached hydrogen (secondary N) is 1. The van der Waals surface area contributed by atoms with Crippen LogP contribution >= 0.6 is 23.7 Å². The van der Waals surface area contributed by atoms with Gasteiger partial charge in [-0.15, -0.1) is 23.7 Å². The summed E-state index contributed by atoms with van der Waals surface area (Å²) in [7, 11) is 0. The van der Waals surface area contributed by atoms with E-state index in [0.29, 0.717) is 6.54 Å². The lowest BCUT2D eigenvalue weighted by atomic mass is 10.2. The third-order valence-corrected chi connectivity index (χ3v) is 3.94. The number of hydrogen-bond acceptors (Lipinski definition) is 3. The normalized spacial score (nSPS) is 15.1. The minimum atomic E-state index is 0. The first-order valence-electron chi connectivity index (χ1n) is 5.33. The number of halogens is 1. The summed E-state index contributed by atoms with van der Waals surface area (Å²) >= 11 is 1.63. The van der Waals surface area contributed by atoms with Crippen molar-refractivity contribution in [2.75, 3.05) is 6.54 Å². The van der Waals surface area contributed by atoms with Crippen molar-refractivity contribution >= 4 is 29.7 Å². The van der Waals surface area contributed by atoms with Crippen molar-refractivity contribution in [1.29, 1.82) is 0 Å². The molecule has 1 amide bonds. The first-order chi connectivity index (χ1) is 7.20. The van der Waals surface area contributed by atoms with Gasteiger partial charge in [-0.25, -0.2) is 0 Å². The van der Waals surface area contributed by atoms with Gasteiger partial charge < -0.3 is 11.1 Å². The fourth-order valence-corrected chi connectivity index (χ4v) is 2.95. The summed E-state index contributed by atoms with van der Waals surface area (Å²) in [5.41, 5.74) is 6.83. The topological polar surface area (TPSA) is 55.1 Å². The average molecular weight is 261 g/mol. The molecule has 90 valence electrons. The van der Waals surface area contributed by atoms with E-state index in [1.54, 1.807) is 11.3 Å². The predicted molar refractivity (Wildman–Crippen MR) is 69.6 cm³/mol. The van der Waals surface area contributed by atoms with E-state index in [4.69, 9.17) is 5.73 Å². The molecule has 0 saturated carbocycles. The fourth-order valence-electron chi connectivity index (χ4n) is 1.79. The van der Waals surface area contributed by atoms with Crippen LogP contribution in [-0.4, -0.2) is 18.5 Å².